The summed E-state index contributed by atoms with van der Waals surface area (Å²) in [6.07, 6.45) is 4.38. The lowest BCUT2D eigenvalue weighted by atomic mass is 10.1. The first-order valence-electron chi connectivity index (χ1n) is 13.0. The fourth-order valence-corrected chi connectivity index (χ4v) is 4.42. The first kappa shape index (κ1) is 26.6. The number of hydrogen-bond donors (Lipinski definition) is 0. The molecule has 2 aromatic carbocycles. The first-order valence-corrected chi connectivity index (χ1v) is 13.0. The number of ketones is 2. The Morgan fingerprint density at radius 3 is 1.38 bits per heavy atom. The van der Waals surface area contributed by atoms with Gasteiger partial charge in [-0.2, -0.15) is 0 Å². The monoisotopic (exact) mass is 504 g/mol. The second-order valence-corrected chi connectivity index (χ2v) is 9.67. The summed E-state index contributed by atoms with van der Waals surface area (Å²) in [6, 6.07) is 14.5. The van der Waals surface area contributed by atoms with Gasteiger partial charge in [0.2, 0.25) is 0 Å². The van der Waals surface area contributed by atoms with E-state index in [0.717, 1.165) is 83.2 Å². The molecule has 196 valence electrons. The van der Waals surface area contributed by atoms with E-state index in [9.17, 15) is 9.59 Å². The van der Waals surface area contributed by atoms with Crippen LogP contribution in [0.3, 0.4) is 0 Å². The lowest BCUT2D eigenvalue weighted by Gasteiger charge is -2.31. The van der Waals surface area contributed by atoms with E-state index >= 15 is 0 Å². The summed E-state index contributed by atoms with van der Waals surface area (Å²) in [6.45, 7) is 9.15. The number of rotatable bonds is 8. The highest BCUT2D eigenvalue weighted by atomic mass is 16.1. The topological polar surface area (TPSA) is 96.5 Å². The fourth-order valence-electron chi connectivity index (χ4n) is 4.42. The summed E-state index contributed by atoms with van der Waals surface area (Å²) in [7, 11) is 0. The molecule has 0 aromatic heterocycles. The van der Waals surface area contributed by atoms with E-state index in [4.69, 9.17) is 0 Å². The van der Waals surface area contributed by atoms with Gasteiger partial charge in [0.1, 0.15) is 0 Å². The van der Waals surface area contributed by atoms with Gasteiger partial charge in [-0.3, -0.25) is 29.4 Å². The van der Waals surface area contributed by atoms with Crippen molar-refractivity contribution in [1.82, 2.24) is 19.8 Å². The van der Waals surface area contributed by atoms with Crippen LogP contribution in [0.5, 0.6) is 0 Å². The molecule has 10 nitrogen and oxygen atoms in total. The highest BCUT2D eigenvalue weighted by molar-refractivity contribution is 5.94. The Hall–Kier alpha value is -3.50. The summed E-state index contributed by atoms with van der Waals surface area (Å²) in [5.74, 6) is 0.0899. The van der Waals surface area contributed by atoms with Gasteiger partial charge < -0.3 is 0 Å². The maximum atomic E-state index is 11.5. The lowest BCUT2D eigenvalue weighted by molar-refractivity contribution is 0.0535. The molecule has 2 heterocycles. The molecule has 0 aliphatic carbocycles. The Labute approximate surface area is 218 Å². The normalized spacial score (nSPS) is 18.3. The molecule has 0 saturated carbocycles. The number of Topliss-reactive ketones (excluding diaryl/α,β-unsaturated/α-hetero) is 2. The van der Waals surface area contributed by atoms with Crippen molar-refractivity contribution in [2.45, 2.75) is 39.5 Å². The highest BCUT2D eigenvalue weighted by Gasteiger charge is 2.20. The average molecular weight is 505 g/mol. The van der Waals surface area contributed by atoms with E-state index in [0.29, 0.717) is 11.1 Å². The second kappa shape index (κ2) is 13.2. The third-order valence-electron chi connectivity index (χ3n) is 6.53. The second-order valence-electron chi connectivity index (χ2n) is 9.67. The van der Waals surface area contributed by atoms with Crippen molar-refractivity contribution < 1.29 is 9.59 Å². The molecule has 0 radical (unpaired) electrons. The number of hydrogen-bond acceptors (Lipinski definition) is 8. The molecular weight excluding hydrogens is 468 g/mol. The van der Waals surface area contributed by atoms with Crippen molar-refractivity contribution in [2.75, 3.05) is 46.2 Å². The van der Waals surface area contributed by atoms with Crippen molar-refractivity contribution in [3.63, 3.8) is 0 Å². The van der Waals surface area contributed by atoms with Gasteiger partial charge in [-0.05, 0) is 88.1 Å². The molecular formula is C27H36N8O2. The SMILES string of the molecule is CC(=O)c1ccc(N=NN2CCCCN(CN3CCCCN(N=Nc4ccc(C(C)=O)cc4)C3)C2)cc1. The minimum atomic E-state index is 0.0449. The Morgan fingerprint density at radius 1 is 0.622 bits per heavy atom. The predicted molar refractivity (Wildman–Crippen MR) is 142 cm³/mol. The Morgan fingerprint density at radius 2 is 1.00 bits per heavy atom. The van der Waals surface area contributed by atoms with Crippen LogP contribution in [-0.2, 0) is 0 Å². The van der Waals surface area contributed by atoms with Crippen molar-refractivity contribution in [2.24, 2.45) is 20.7 Å². The van der Waals surface area contributed by atoms with Crippen LogP contribution >= 0.6 is 0 Å². The van der Waals surface area contributed by atoms with Gasteiger partial charge in [0.25, 0.3) is 0 Å². The van der Waals surface area contributed by atoms with Crippen LogP contribution in [0.1, 0.15) is 60.2 Å². The van der Waals surface area contributed by atoms with Gasteiger partial charge in [0, 0.05) is 37.3 Å². The average Bonchev–Trinajstić information content (AvgIpc) is 3.27. The largest absolute Gasteiger partial charge is 0.295 e. The van der Waals surface area contributed by atoms with Crippen LogP contribution in [0.2, 0.25) is 0 Å². The van der Waals surface area contributed by atoms with E-state index in [1.54, 1.807) is 38.1 Å². The molecule has 4 rings (SSSR count). The third kappa shape index (κ3) is 8.26. The zero-order valence-corrected chi connectivity index (χ0v) is 21.8. The molecule has 37 heavy (non-hydrogen) atoms. The quantitative estimate of drug-likeness (QED) is 0.350. The standard InChI is InChI=1S/C27H36N8O2/c1-22(36)24-7-11-26(12-8-24)28-30-34-17-5-3-15-32(20-34)19-33-16-4-6-18-35(21-33)31-29-27-13-9-25(10-14-27)23(2)37/h7-14H,3-6,15-21H2,1-2H3. The van der Waals surface area contributed by atoms with E-state index < -0.39 is 0 Å². The van der Waals surface area contributed by atoms with Gasteiger partial charge >= 0.3 is 0 Å². The van der Waals surface area contributed by atoms with Gasteiger partial charge in [-0.25, -0.2) is 0 Å². The van der Waals surface area contributed by atoms with E-state index in [1.165, 1.54) is 0 Å². The number of carbonyl (C=O) groups excluding carboxylic acids is 2. The Kier molecular flexibility index (Phi) is 9.45. The molecule has 2 aliphatic heterocycles. The molecule has 2 saturated heterocycles. The summed E-state index contributed by atoms with van der Waals surface area (Å²) >= 11 is 0. The fraction of sp³-hybridized carbons (Fsp3) is 0.481. The van der Waals surface area contributed by atoms with E-state index in [1.807, 2.05) is 34.3 Å². The maximum Gasteiger partial charge on any atom is 0.159 e. The Bertz CT molecular complexity index is 1010. The van der Waals surface area contributed by atoms with Crippen LogP contribution in [-0.4, -0.2) is 77.6 Å². The van der Waals surface area contributed by atoms with Gasteiger partial charge in [-0.1, -0.05) is 10.4 Å². The summed E-state index contributed by atoms with van der Waals surface area (Å²) in [5.41, 5.74) is 2.84. The molecule has 0 atom stereocenters. The summed E-state index contributed by atoms with van der Waals surface area (Å²) in [5, 5.41) is 21.8. The zero-order chi connectivity index (χ0) is 26.0. The van der Waals surface area contributed by atoms with Crippen LogP contribution in [0, 0.1) is 0 Å². The molecule has 0 amide bonds. The number of benzene rings is 2. The molecule has 2 aromatic rings. The lowest BCUT2D eigenvalue weighted by Crippen LogP contribution is -2.44. The minimum Gasteiger partial charge on any atom is -0.295 e. The molecule has 2 aliphatic rings. The van der Waals surface area contributed by atoms with Crippen LogP contribution in [0.15, 0.2) is 69.2 Å². The van der Waals surface area contributed by atoms with Crippen LogP contribution < -0.4 is 0 Å². The summed E-state index contributed by atoms with van der Waals surface area (Å²) in [4.78, 5) is 27.8. The predicted octanol–water partition coefficient (Wildman–Crippen LogP) is 5.46. The minimum absolute atomic E-state index is 0.0449. The molecule has 2 fully saturated rings. The molecule has 0 spiro atoms. The third-order valence-corrected chi connectivity index (χ3v) is 6.53. The Balaban J connectivity index is 1.32. The summed E-state index contributed by atoms with van der Waals surface area (Å²) < 4.78 is 0. The smallest absolute Gasteiger partial charge is 0.159 e. The highest BCUT2D eigenvalue weighted by Crippen LogP contribution is 2.18. The van der Waals surface area contributed by atoms with E-state index in [-0.39, 0.29) is 11.6 Å². The number of carbonyl (C=O) groups is 2. The van der Waals surface area contributed by atoms with Crippen LogP contribution in [0.4, 0.5) is 11.4 Å². The van der Waals surface area contributed by atoms with Crippen molar-refractivity contribution in [1.29, 1.82) is 0 Å². The zero-order valence-electron chi connectivity index (χ0n) is 21.8. The van der Waals surface area contributed by atoms with E-state index in [2.05, 4.69) is 30.5 Å². The first-order chi connectivity index (χ1) is 18.0. The molecule has 10 heteroatoms. The van der Waals surface area contributed by atoms with Gasteiger partial charge in [0.05, 0.1) is 31.4 Å². The van der Waals surface area contributed by atoms with Crippen molar-refractivity contribution in [3.05, 3.63) is 59.7 Å². The molecule has 0 bridgehead atoms. The maximum absolute atomic E-state index is 11.5. The van der Waals surface area contributed by atoms with Crippen molar-refractivity contribution >= 4 is 22.9 Å². The van der Waals surface area contributed by atoms with Crippen molar-refractivity contribution in [3.8, 4) is 0 Å². The van der Waals surface area contributed by atoms with Gasteiger partial charge in [0.15, 0.2) is 11.6 Å². The van der Waals surface area contributed by atoms with Gasteiger partial charge in [-0.15, -0.1) is 10.2 Å². The van der Waals surface area contributed by atoms with Crippen LogP contribution in [0.25, 0.3) is 0 Å². The number of nitrogens with zero attached hydrogens (tertiary/aromatic N) is 8. The molecule has 0 N–H and O–H groups in total. The molecule has 0 unspecified atom stereocenters.